The summed E-state index contributed by atoms with van der Waals surface area (Å²) in [5, 5.41) is 24.3. The van der Waals surface area contributed by atoms with Gasteiger partial charge in [0.2, 0.25) is 5.91 Å². The number of hydrogen-bond donors (Lipinski definition) is 5. The molecule has 3 heterocycles. The van der Waals surface area contributed by atoms with Gasteiger partial charge in [0.1, 0.15) is 5.52 Å². The van der Waals surface area contributed by atoms with Gasteiger partial charge in [0, 0.05) is 50.7 Å². The second kappa shape index (κ2) is 7.66. The van der Waals surface area contributed by atoms with Crippen LogP contribution in [0.1, 0.15) is 19.8 Å². The number of aromatic amines is 1. The summed E-state index contributed by atoms with van der Waals surface area (Å²) in [6.07, 6.45) is 2.90. The predicted molar refractivity (Wildman–Crippen MR) is 96.3 cm³/mol. The molecule has 25 heavy (non-hydrogen) atoms. The smallest absolute Gasteiger partial charge is 0.219 e. The van der Waals surface area contributed by atoms with Crippen LogP contribution in [0, 0.1) is 0 Å². The van der Waals surface area contributed by atoms with E-state index in [4.69, 9.17) is 5.73 Å². The topological polar surface area (TPSA) is 132 Å². The molecule has 1 aliphatic heterocycles. The Morgan fingerprint density at radius 2 is 2.24 bits per heavy atom. The molecule has 1 fully saturated rings. The first-order chi connectivity index (χ1) is 12.1. The first kappa shape index (κ1) is 17.4. The SMILES string of the molecule is CC(=O)N1CCC(Nc2nccc3c(NC[C@H](O)CN)n[nH]c23)CC1. The highest BCUT2D eigenvalue weighted by Gasteiger charge is 2.22. The number of aliphatic hydroxyl groups excluding tert-OH is 1. The van der Waals surface area contributed by atoms with E-state index in [0.717, 1.165) is 42.7 Å². The summed E-state index contributed by atoms with van der Waals surface area (Å²) < 4.78 is 0. The van der Waals surface area contributed by atoms with Crippen molar-refractivity contribution in [1.82, 2.24) is 20.1 Å². The first-order valence-electron chi connectivity index (χ1n) is 8.55. The molecule has 9 heteroatoms. The summed E-state index contributed by atoms with van der Waals surface area (Å²) in [5.41, 5.74) is 6.24. The molecule has 0 saturated carbocycles. The van der Waals surface area contributed by atoms with E-state index >= 15 is 0 Å². The molecule has 0 radical (unpaired) electrons. The molecule has 3 rings (SSSR count). The number of hydrogen-bond acceptors (Lipinski definition) is 7. The van der Waals surface area contributed by atoms with Gasteiger partial charge >= 0.3 is 0 Å². The third-order valence-corrected chi connectivity index (χ3v) is 4.54. The Morgan fingerprint density at radius 3 is 2.92 bits per heavy atom. The fourth-order valence-corrected chi connectivity index (χ4v) is 3.02. The van der Waals surface area contributed by atoms with Crippen molar-refractivity contribution >= 4 is 28.4 Å². The number of aliphatic hydroxyl groups is 1. The maximum atomic E-state index is 11.4. The number of rotatable bonds is 6. The van der Waals surface area contributed by atoms with Crippen molar-refractivity contribution in [3.8, 4) is 0 Å². The zero-order valence-corrected chi connectivity index (χ0v) is 14.3. The van der Waals surface area contributed by atoms with Crippen molar-refractivity contribution in [3.63, 3.8) is 0 Å². The minimum absolute atomic E-state index is 0.127. The van der Waals surface area contributed by atoms with Crippen LogP contribution in [0.5, 0.6) is 0 Å². The monoisotopic (exact) mass is 347 g/mol. The Bertz CT molecular complexity index is 724. The lowest BCUT2D eigenvalue weighted by Crippen LogP contribution is -2.41. The zero-order valence-electron chi connectivity index (χ0n) is 14.3. The van der Waals surface area contributed by atoms with Crippen LogP contribution in [0.2, 0.25) is 0 Å². The number of pyridine rings is 1. The summed E-state index contributed by atoms with van der Waals surface area (Å²) in [5.74, 6) is 1.54. The number of nitrogens with two attached hydrogens (primary N) is 1. The Hall–Kier alpha value is -2.39. The van der Waals surface area contributed by atoms with Crippen molar-refractivity contribution in [2.24, 2.45) is 5.73 Å². The van der Waals surface area contributed by atoms with E-state index in [1.54, 1.807) is 13.1 Å². The molecular formula is C16H25N7O2. The fraction of sp³-hybridized carbons (Fsp3) is 0.562. The third kappa shape index (κ3) is 3.99. The molecule has 0 bridgehead atoms. The maximum absolute atomic E-state index is 11.4. The van der Waals surface area contributed by atoms with Crippen LogP contribution >= 0.6 is 0 Å². The fourth-order valence-electron chi connectivity index (χ4n) is 3.02. The van der Waals surface area contributed by atoms with Gasteiger partial charge in [-0.2, -0.15) is 5.10 Å². The number of carbonyl (C=O) groups is 1. The van der Waals surface area contributed by atoms with Crippen molar-refractivity contribution < 1.29 is 9.90 Å². The van der Waals surface area contributed by atoms with Gasteiger partial charge in [0.05, 0.1) is 6.10 Å². The van der Waals surface area contributed by atoms with Crippen molar-refractivity contribution in [1.29, 1.82) is 0 Å². The largest absolute Gasteiger partial charge is 0.390 e. The van der Waals surface area contributed by atoms with Crippen LogP contribution in [0.3, 0.4) is 0 Å². The van der Waals surface area contributed by atoms with E-state index in [1.807, 2.05) is 11.0 Å². The molecule has 1 aliphatic rings. The Morgan fingerprint density at radius 1 is 1.48 bits per heavy atom. The molecule has 136 valence electrons. The number of likely N-dealkylation sites (tertiary alicyclic amines) is 1. The van der Waals surface area contributed by atoms with Crippen molar-refractivity contribution in [3.05, 3.63) is 12.3 Å². The molecule has 1 saturated heterocycles. The van der Waals surface area contributed by atoms with Gasteiger partial charge in [-0.15, -0.1) is 0 Å². The predicted octanol–water partition coefficient (Wildman–Crippen LogP) is 0.112. The van der Waals surface area contributed by atoms with Gasteiger partial charge in [-0.25, -0.2) is 4.98 Å². The Labute approximate surface area is 146 Å². The molecule has 0 unspecified atom stereocenters. The minimum atomic E-state index is -0.613. The van der Waals surface area contributed by atoms with E-state index in [2.05, 4.69) is 25.8 Å². The zero-order chi connectivity index (χ0) is 17.8. The van der Waals surface area contributed by atoms with Crippen LogP contribution in [-0.4, -0.2) is 69.4 Å². The number of nitrogens with zero attached hydrogens (tertiary/aromatic N) is 3. The average Bonchev–Trinajstić information content (AvgIpc) is 3.04. The maximum Gasteiger partial charge on any atom is 0.219 e. The molecule has 1 atom stereocenters. The van der Waals surface area contributed by atoms with Gasteiger partial charge in [-0.1, -0.05) is 0 Å². The molecule has 9 nitrogen and oxygen atoms in total. The number of aromatic nitrogens is 3. The first-order valence-corrected chi connectivity index (χ1v) is 8.55. The molecule has 6 N–H and O–H groups in total. The van der Waals surface area contributed by atoms with Crippen LogP contribution in [0.4, 0.5) is 11.6 Å². The molecule has 0 spiro atoms. The van der Waals surface area contributed by atoms with Crippen LogP contribution < -0.4 is 16.4 Å². The van der Waals surface area contributed by atoms with Gasteiger partial charge in [0.25, 0.3) is 0 Å². The number of carbonyl (C=O) groups excluding carboxylic acids is 1. The van der Waals surface area contributed by atoms with Gasteiger partial charge in [-0.3, -0.25) is 9.89 Å². The second-order valence-electron chi connectivity index (χ2n) is 6.35. The quantitative estimate of drug-likeness (QED) is 0.501. The summed E-state index contributed by atoms with van der Waals surface area (Å²) >= 11 is 0. The number of piperidine rings is 1. The summed E-state index contributed by atoms with van der Waals surface area (Å²) in [4.78, 5) is 17.7. The van der Waals surface area contributed by atoms with E-state index < -0.39 is 6.10 Å². The van der Waals surface area contributed by atoms with Crippen LogP contribution in [0.15, 0.2) is 12.3 Å². The molecule has 2 aromatic rings. The van der Waals surface area contributed by atoms with Crippen molar-refractivity contribution in [2.75, 3.05) is 36.8 Å². The summed E-state index contributed by atoms with van der Waals surface area (Å²) in [7, 11) is 0. The molecule has 2 aromatic heterocycles. The van der Waals surface area contributed by atoms with Gasteiger partial charge < -0.3 is 26.4 Å². The number of H-pyrrole nitrogens is 1. The van der Waals surface area contributed by atoms with E-state index in [0.29, 0.717) is 12.4 Å². The van der Waals surface area contributed by atoms with E-state index in [1.165, 1.54) is 0 Å². The normalized spacial score (nSPS) is 16.8. The number of anilines is 2. The highest BCUT2D eigenvalue weighted by Crippen LogP contribution is 2.26. The lowest BCUT2D eigenvalue weighted by atomic mass is 10.0. The molecular weight excluding hydrogens is 322 g/mol. The van der Waals surface area contributed by atoms with Crippen LogP contribution in [-0.2, 0) is 4.79 Å². The molecule has 0 aromatic carbocycles. The highest BCUT2D eigenvalue weighted by molar-refractivity contribution is 5.96. The van der Waals surface area contributed by atoms with Crippen LogP contribution in [0.25, 0.3) is 10.9 Å². The van der Waals surface area contributed by atoms with Crippen molar-refractivity contribution in [2.45, 2.75) is 31.9 Å². The van der Waals surface area contributed by atoms with Gasteiger partial charge in [-0.05, 0) is 18.9 Å². The van der Waals surface area contributed by atoms with Gasteiger partial charge in [0.15, 0.2) is 11.6 Å². The van der Waals surface area contributed by atoms with E-state index in [-0.39, 0.29) is 18.5 Å². The Balaban J connectivity index is 1.68. The minimum Gasteiger partial charge on any atom is -0.390 e. The standard InChI is InChI=1S/C16H25N7O2/c1-10(24)23-6-3-11(4-7-23)20-16-14-13(2-5-18-16)15(22-21-14)19-9-12(25)8-17/h2,5,11-12,25H,3-4,6-9,17H2,1H3,(H,18,20)(H2,19,21,22)/t12-/m1/s1. The molecule has 1 amide bonds. The highest BCUT2D eigenvalue weighted by atomic mass is 16.3. The lowest BCUT2D eigenvalue weighted by Gasteiger charge is -2.32. The average molecular weight is 347 g/mol. The third-order valence-electron chi connectivity index (χ3n) is 4.54. The summed E-state index contributed by atoms with van der Waals surface area (Å²) in [6, 6.07) is 2.15. The number of nitrogens with one attached hydrogen (secondary N) is 3. The second-order valence-corrected chi connectivity index (χ2v) is 6.35. The number of amides is 1. The molecule has 0 aliphatic carbocycles. The van der Waals surface area contributed by atoms with E-state index in [9.17, 15) is 9.90 Å². The lowest BCUT2D eigenvalue weighted by molar-refractivity contribution is -0.129. The number of fused-ring (bicyclic) bond motifs is 1. The Kier molecular flexibility index (Phi) is 5.34. The summed E-state index contributed by atoms with van der Waals surface area (Å²) in [6.45, 7) is 3.66.